The van der Waals surface area contributed by atoms with E-state index in [0.717, 1.165) is 12.1 Å². The molecule has 0 saturated heterocycles. The highest BCUT2D eigenvalue weighted by Gasteiger charge is 2.07. The van der Waals surface area contributed by atoms with Crippen molar-refractivity contribution in [3.05, 3.63) is 35.6 Å². The molecule has 0 aliphatic rings. The van der Waals surface area contributed by atoms with Gasteiger partial charge in [0.25, 0.3) is 0 Å². The lowest BCUT2D eigenvalue weighted by Gasteiger charge is -2.12. The van der Waals surface area contributed by atoms with Gasteiger partial charge < -0.3 is 5.32 Å². The highest BCUT2D eigenvalue weighted by Crippen LogP contribution is 2.15. The summed E-state index contributed by atoms with van der Waals surface area (Å²) in [5.74, 6) is -0.133. The number of rotatable bonds is 3. The molecule has 1 aromatic rings. The molecule has 1 aromatic carbocycles. The van der Waals surface area contributed by atoms with Crippen LogP contribution in [0.4, 0.5) is 4.39 Å². The Kier molecular flexibility index (Phi) is 3.23. The van der Waals surface area contributed by atoms with Gasteiger partial charge in [0, 0.05) is 11.6 Å². The van der Waals surface area contributed by atoms with E-state index in [0.29, 0.717) is 0 Å². The third kappa shape index (κ3) is 2.05. The van der Waals surface area contributed by atoms with Crippen LogP contribution in [-0.2, 0) is 0 Å². The fourth-order valence-electron chi connectivity index (χ4n) is 1.24. The molecule has 0 bridgehead atoms. The van der Waals surface area contributed by atoms with Crippen molar-refractivity contribution >= 4 is 0 Å². The van der Waals surface area contributed by atoms with Crippen LogP contribution in [0.25, 0.3) is 0 Å². The lowest BCUT2D eigenvalue weighted by Crippen LogP contribution is -2.18. The maximum absolute atomic E-state index is 13.1. The SMILES string of the molecule is CCN[C@@H](C)c1ccccc1F. The Hall–Kier alpha value is -0.890. The molecule has 0 amide bonds. The molecule has 0 heterocycles. The number of nitrogens with one attached hydrogen (secondary N) is 1. The number of hydrogen-bond donors (Lipinski definition) is 1. The Morgan fingerprint density at radius 3 is 2.67 bits per heavy atom. The van der Waals surface area contributed by atoms with Gasteiger partial charge in [0.2, 0.25) is 0 Å². The van der Waals surface area contributed by atoms with Gasteiger partial charge in [0.1, 0.15) is 5.82 Å². The molecule has 0 aliphatic carbocycles. The second-order valence-corrected chi connectivity index (χ2v) is 2.80. The lowest BCUT2D eigenvalue weighted by atomic mass is 10.1. The first-order valence-corrected chi connectivity index (χ1v) is 4.23. The molecule has 0 unspecified atom stereocenters. The molecule has 1 atom stereocenters. The largest absolute Gasteiger partial charge is 0.310 e. The molecule has 1 N–H and O–H groups in total. The normalized spacial score (nSPS) is 12.9. The Balaban J connectivity index is 2.79. The quantitative estimate of drug-likeness (QED) is 0.729. The van der Waals surface area contributed by atoms with Crippen LogP contribution in [0.15, 0.2) is 24.3 Å². The molecule has 2 heteroatoms. The van der Waals surface area contributed by atoms with Crippen LogP contribution >= 0.6 is 0 Å². The number of benzene rings is 1. The van der Waals surface area contributed by atoms with Gasteiger partial charge in [-0.2, -0.15) is 0 Å². The van der Waals surface area contributed by atoms with Gasteiger partial charge in [-0.1, -0.05) is 25.1 Å². The minimum atomic E-state index is -0.133. The van der Waals surface area contributed by atoms with E-state index in [2.05, 4.69) is 5.32 Å². The molecular weight excluding hydrogens is 153 g/mol. The Bertz CT molecular complexity index is 247. The van der Waals surface area contributed by atoms with Crippen molar-refractivity contribution < 1.29 is 4.39 Å². The molecule has 0 aromatic heterocycles. The number of hydrogen-bond acceptors (Lipinski definition) is 1. The Labute approximate surface area is 72.6 Å². The predicted molar refractivity (Wildman–Crippen MR) is 48.5 cm³/mol. The lowest BCUT2D eigenvalue weighted by molar-refractivity contribution is 0.541. The number of halogens is 1. The molecule has 12 heavy (non-hydrogen) atoms. The van der Waals surface area contributed by atoms with E-state index >= 15 is 0 Å². The van der Waals surface area contributed by atoms with E-state index in [-0.39, 0.29) is 11.9 Å². The van der Waals surface area contributed by atoms with Gasteiger partial charge in [-0.15, -0.1) is 0 Å². The van der Waals surface area contributed by atoms with Crippen molar-refractivity contribution in [1.82, 2.24) is 5.32 Å². The summed E-state index contributed by atoms with van der Waals surface area (Å²) in [6.07, 6.45) is 0. The minimum Gasteiger partial charge on any atom is -0.310 e. The summed E-state index contributed by atoms with van der Waals surface area (Å²) in [4.78, 5) is 0. The zero-order chi connectivity index (χ0) is 8.97. The third-order valence-electron chi connectivity index (χ3n) is 1.88. The topological polar surface area (TPSA) is 12.0 Å². The van der Waals surface area contributed by atoms with E-state index < -0.39 is 0 Å². The zero-order valence-electron chi connectivity index (χ0n) is 7.47. The third-order valence-corrected chi connectivity index (χ3v) is 1.88. The van der Waals surface area contributed by atoms with Crippen molar-refractivity contribution in [3.63, 3.8) is 0 Å². The first-order chi connectivity index (χ1) is 5.75. The molecule has 66 valence electrons. The van der Waals surface area contributed by atoms with E-state index in [1.807, 2.05) is 26.0 Å². The average molecular weight is 167 g/mol. The standard InChI is InChI=1S/C10H14FN/c1-3-12-8(2)9-6-4-5-7-10(9)11/h4-8,12H,3H2,1-2H3/t8-/m0/s1. The fraction of sp³-hybridized carbons (Fsp3) is 0.400. The smallest absolute Gasteiger partial charge is 0.127 e. The molecule has 1 nitrogen and oxygen atoms in total. The molecule has 0 spiro atoms. The van der Waals surface area contributed by atoms with Gasteiger partial charge in [-0.25, -0.2) is 4.39 Å². The molecule has 1 rings (SSSR count). The maximum Gasteiger partial charge on any atom is 0.127 e. The summed E-state index contributed by atoms with van der Waals surface area (Å²) >= 11 is 0. The molecule has 0 fully saturated rings. The van der Waals surface area contributed by atoms with Crippen LogP contribution in [-0.4, -0.2) is 6.54 Å². The Morgan fingerprint density at radius 2 is 2.08 bits per heavy atom. The molecule has 0 aliphatic heterocycles. The predicted octanol–water partition coefficient (Wildman–Crippen LogP) is 2.50. The molecular formula is C10H14FN. The summed E-state index contributed by atoms with van der Waals surface area (Å²) in [7, 11) is 0. The summed E-state index contributed by atoms with van der Waals surface area (Å²) in [5, 5.41) is 3.16. The van der Waals surface area contributed by atoms with Crippen molar-refractivity contribution in [2.75, 3.05) is 6.54 Å². The van der Waals surface area contributed by atoms with Gasteiger partial charge >= 0.3 is 0 Å². The monoisotopic (exact) mass is 167 g/mol. The van der Waals surface area contributed by atoms with E-state index in [9.17, 15) is 4.39 Å². The molecule has 0 saturated carbocycles. The van der Waals surface area contributed by atoms with Gasteiger partial charge in [0.15, 0.2) is 0 Å². The van der Waals surface area contributed by atoms with E-state index in [1.165, 1.54) is 6.07 Å². The average Bonchev–Trinajstić information content (AvgIpc) is 2.05. The van der Waals surface area contributed by atoms with Crippen molar-refractivity contribution in [2.24, 2.45) is 0 Å². The minimum absolute atomic E-state index is 0.0937. The second-order valence-electron chi connectivity index (χ2n) is 2.80. The second kappa shape index (κ2) is 4.21. The summed E-state index contributed by atoms with van der Waals surface area (Å²) in [6, 6.07) is 6.95. The maximum atomic E-state index is 13.1. The van der Waals surface area contributed by atoms with Crippen LogP contribution < -0.4 is 5.32 Å². The van der Waals surface area contributed by atoms with Gasteiger partial charge in [-0.3, -0.25) is 0 Å². The van der Waals surface area contributed by atoms with Crippen LogP contribution in [0.2, 0.25) is 0 Å². The first kappa shape index (κ1) is 9.20. The van der Waals surface area contributed by atoms with Crippen molar-refractivity contribution in [1.29, 1.82) is 0 Å². The Morgan fingerprint density at radius 1 is 1.42 bits per heavy atom. The van der Waals surface area contributed by atoms with Gasteiger partial charge in [0.05, 0.1) is 0 Å². The zero-order valence-corrected chi connectivity index (χ0v) is 7.47. The van der Waals surface area contributed by atoms with Gasteiger partial charge in [-0.05, 0) is 19.5 Å². The van der Waals surface area contributed by atoms with Crippen LogP contribution in [0.5, 0.6) is 0 Å². The molecule has 0 radical (unpaired) electrons. The van der Waals surface area contributed by atoms with Crippen LogP contribution in [0, 0.1) is 5.82 Å². The highest BCUT2D eigenvalue weighted by atomic mass is 19.1. The van der Waals surface area contributed by atoms with Crippen LogP contribution in [0.1, 0.15) is 25.5 Å². The summed E-state index contributed by atoms with van der Waals surface area (Å²) < 4.78 is 13.1. The van der Waals surface area contributed by atoms with E-state index in [4.69, 9.17) is 0 Å². The van der Waals surface area contributed by atoms with Crippen molar-refractivity contribution in [2.45, 2.75) is 19.9 Å². The highest BCUT2D eigenvalue weighted by molar-refractivity contribution is 5.20. The first-order valence-electron chi connectivity index (χ1n) is 4.23. The summed E-state index contributed by atoms with van der Waals surface area (Å²) in [5.41, 5.74) is 0.736. The van der Waals surface area contributed by atoms with Crippen molar-refractivity contribution in [3.8, 4) is 0 Å². The summed E-state index contributed by atoms with van der Waals surface area (Å²) in [6.45, 7) is 4.83. The van der Waals surface area contributed by atoms with E-state index in [1.54, 1.807) is 6.07 Å². The van der Waals surface area contributed by atoms with Crippen LogP contribution in [0.3, 0.4) is 0 Å². The fourth-order valence-corrected chi connectivity index (χ4v) is 1.24.